The predicted molar refractivity (Wildman–Crippen MR) is 55.7 cm³/mol. The molecule has 2 aromatic heterocycles. The molecule has 76 valence electrons. The normalized spacial score (nSPS) is 9.93. The number of hydrogen-bond donors (Lipinski definition) is 1. The molecule has 2 aromatic rings. The lowest BCUT2D eigenvalue weighted by atomic mass is 10.4. The van der Waals surface area contributed by atoms with E-state index in [0.29, 0.717) is 5.82 Å². The highest BCUT2D eigenvalue weighted by Crippen LogP contribution is 2.08. The van der Waals surface area contributed by atoms with Gasteiger partial charge in [0.1, 0.15) is 0 Å². The average Bonchev–Trinajstić information content (AvgIpc) is 2.67. The molecule has 0 radical (unpaired) electrons. The van der Waals surface area contributed by atoms with Crippen molar-refractivity contribution >= 4 is 11.7 Å². The number of hydrogen-bond acceptors (Lipinski definition) is 3. The van der Waals surface area contributed by atoms with Crippen LogP contribution in [0.4, 0.5) is 5.82 Å². The molecule has 0 aliphatic rings. The van der Waals surface area contributed by atoms with Crippen molar-refractivity contribution in [2.45, 2.75) is 6.92 Å². The van der Waals surface area contributed by atoms with E-state index in [4.69, 9.17) is 0 Å². The molecule has 0 bridgehead atoms. The van der Waals surface area contributed by atoms with Gasteiger partial charge in [0.25, 0.3) is 0 Å². The van der Waals surface area contributed by atoms with Gasteiger partial charge in [0.2, 0.25) is 5.91 Å². The zero-order valence-electron chi connectivity index (χ0n) is 8.21. The summed E-state index contributed by atoms with van der Waals surface area (Å²) in [5.41, 5.74) is 0.856. The molecule has 0 aromatic carbocycles. The molecule has 0 spiro atoms. The van der Waals surface area contributed by atoms with Crippen molar-refractivity contribution in [3.8, 4) is 5.69 Å². The van der Waals surface area contributed by atoms with Crippen molar-refractivity contribution in [3.05, 3.63) is 36.8 Å². The topological polar surface area (TPSA) is 59.8 Å². The Hall–Kier alpha value is -2.17. The first-order valence-corrected chi connectivity index (χ1v) is 4.49. The molecule has 0 atom stereocenters. The van der Waals surface area contributed by atoms with Gasteiger partial charge in [-0.1, -0.05) is 0 Å². The summed E-state index contributed by atoms with van der Waals surface area (Å²) in [6.07, 6.45) is 5.16. The largest absolute Gasteiger partial charge is 0.309 e. The fraction of sp³-hybridized carbons (Fsp3) is 0.100. The van der Waals surface area contributed by atoms with Crippen LogP contribution in [0, 0.1) is 0 Å². The van der Waals surface area contributed by atoms with Gasteiger partial charge in [-0.3, -0.25) is 9.78 Å². The molecule has 0 fully saturated rings. The molecular formula is C10H10N4O. The van der Waals surface area contributed by atoms with Gasteiger partial charge in [0.15, 0.2) is 5.82 Å². The van der Waals surface area contributed by atoms with E-state index >= 15 is 0 Å². The molecule has 5 heteroatoms. The summed E-state index contributed by atoms with van der Waals surface area (Å²) in [6, 6.07) is 5.45. The van der Waals surface area contributed by atoms with Gasteiger partial charge in [0.05, 0.1) is 11.9 Å². The van der Waals surface area contributed by atoms with E-state index < -0.39 is 0 Å². The van der Waals surface area contributed by atoms with Crippen molar-refractivity contribution in [2.75, 3.05) is 5.32 Å². The number of nitrogens with zero attached hydrogens (tertiary/aromatic N) is 3. The maximum Gasteiger partial charge on any atom is 0.222 e. The Labute approximate surface area is 86.8 Å². The number of nitrogens with one attached hydrogen (secondary N) is 1. The molecule has 5 nitrogen and oxygen atoms in total. The first-order chi connectivity index (χ1) is 7.25. The summed E-state index contributed by atoms with van der Waals surface area (Å²) in [5, 5.41) is 6.77. The zero-order valence-corrected chi connectivity index (χ0v) is 8.21. The van der Waals surface area contributed by atoms with Crippen molar-refractivity contribution in [2.24, 2.45) is 0 Å². The second kappa shape index (κ2) is 3.91. The highest BCUT2D eigenvalue weighted by Gasteiger charge is 2.01. The summed E-state index contributed by atoms with van der Waals surface area (Å²) < 4.78 is 1.65. The standard InChI is InChI=1S/C10H10N4O/c1-8(15)12-10-4-6-14(13-10)9-3-2-5-11-7-9/h2-7H,1H3,(H,12,13,15). The van der Waals surface area contributed by atoms with E-state index in [2.05, 4.69) is 15.4 Å². The van der Waals surface area contributed by atoms with Crippen LogP contribution in [-0.4, -0.2) is 20.7 Å². The van der Waals surface area contributed by atoms with Crippen molar-refractivity contribution < 1.29 is 4.79 Å². The van der Waals surface area contributed by atoms with Gasteiger partial charge in [-0.25, -0.2) is 4.68 Å². The first-order valence-electron chi connectivity index (χ1n) is 4.49. The highest BCUT2D eigenvalue weighted by molar-refractivity contribution is 5.87. The smallest absolute Gasteiger partial charge is 0.222 e. The van der Waals surface area contributed by atoms with Gasteiger partial charge in [-0.2, -0.15) is 5.10 Å². The van der Waals surface area contributed by atoms with Gasteiger partial charge in [-0.15, -0.1) is 0 Å². The van der Waals surface area contributed by atoms with E-state index in [1.54, 1.807) is 29.3 Å². The maximum absolute atomic E-state index is 10.8. The van der Waals surface area contributed by atoms with Crippen LogP contribution in [0.3, 0.4) is 0 Å². The van der Waals surface area contributed by atoms with Gasteiger partial charge in [-0.05, 0) is 12.1 Å². The molecule has 15 heavy (non-hydrogen) atoms. The third kappa shape index (κ3) is 2.19. The average molecular weight is 202 g/mol. The summed E-state index contributed by atoms with van der Waals surface area (Å²) in [5.74, 6) is 0.401. The molecule has 0 aliphatic carbocycles. The second-order valence-electron chi connectivity index (χ2n) is 3.04. The lowest BCUT2D eigenvalue weighted by Gasteiger charge is -1.99. The lowest BCUT2D eigenvalue weighted by Crippen LogP contribution is -2.06. The van der Waals surface area contributed by atoms with E-state index in [9.17, 15) is 4.79 Å². The lowest BCUT2D eigenvalue weighted by molar-refractivity contribution is -0.114. The Kier molecular flexibility index (Phi) is 2.45. The minimum Gasteiger partial charge on any atom is -0.309 e. The monoisotopic (exact) mass is 202 g/mol. The fourth-order valence-corrected chi connectivity index (χ4v) is 1.20. The molecule has 0 saturated carbocycles. The van der Waals surface area contributed by atoms with E-state index in [1.165, 1.54) is 6.92 Å². The third-order valence-corrected chi connectivity index (χ3v) is 1.80. The quantitative estimate of drug-likeness (QED) is 0.796. The molecular weight excluding hydrogens is 192 g/mol. The summed E-state index contributed by atoms with van der Waals surface area (Å²) >= 11 is 0. The van der Waals surface area contributed by atoms with Crippen molar-refractivity contribution in [1.82, 2.24) is 14.8 Å². The Morgan fingerprint density at radius 1 is 1.47 bits per heavy atom. The SMILES string of the molecule is CC(=O)Nc1ccn(-c2cccnc2)n1. The van der Waals surface area contributed by atoms with E-state index in [-0.39, 0.29) is 5.91 Å². The van der Waals surface area contributed by atoms with Crippen molar-refractivity contribution in [1.29, 1.82) is 0 Å². The fourth-order valence-electron chi connectivity index (χ4n) is 1.20. The Morgan fingerprint density at radius 2 is 2.33 bits per heavy atom. The molecule has 0 aliphatic heterocycles. The van der Waals surface area contributed by atoms with Gasteiger partial charge >= 0.3 is 0 Å². The number of amides is 1. The minimum absolute atomic E-state index is 0.133. The number of carbonyl (C=O) groups is 1. The molecule has 2 rings (SSSR count). The minimum atomic E-state index is -0.133. The zero-order chi connectivity index (χ0) is 10.7. The highest BCUT2D eigenvalue weighted by atomic mass is 16.1. The van der Waals surface area contributed by atoms with Crippen LogP contribution in [0.2, 0.25) is 0 Å². The van der Waals surface area contributed by atoms with Crippen LogP contribution >= 0.6 is 0 Å². The van der Waals surface area contributed by atoms with Crippen LogP contribution in [0.25, 0.3) is 5.69 Å². The number of pyridine rings is 1. The summed E-state index contributed by atoms with van der Waals surface area (Å²) in [7, 11) is 0. The van der Waals surface area contributed by atoms with Crippen LogP contribution < -0.4 is 5.32 Å². The number of anilines is 1. The summed E-state index contributed by atoms with van der Waals surface area (Å²) in [4.78, 5) is 14.8. The molecule has 1 amide bonds. The number of rotatable bonds is 2. The third-order valence-electron chi connectivity index (χ3n) is 1.80. The van der Waals surface area contributed by atoms with Crippen LogP contribution in [0.1, 0.15) is 6.92 Å². The van der Waals surface area contributed by atoms with Gasteiger partial charge in [0, 0.05) is 25.4 Å². The van der Waals surface area contributed by atoms with E-state index in [1.807, 2.05) is 12.1 Å². The number of aromatic nitrogens is 3. The van der Waals surface area contributed by atoms with E-state index in [0.717, 1.165) is 5.69 Å². The second-order valence-corrected chi connectivity index (χ2v) is 3.04. The van der Waals surface area contributed by atoms with Crippen LogP contribution in [0.15, 0.2) is 36.8 Å². The van der Waals surface area contributed by atoms with Crippen LogP contribution in [-0.2, 0) is 4.79 Å². The maximum atomic E-state index is 10.8. The Morgan fingerprint density at radius 3 is 3.00 bits per heavy atom. The summed E-state index contributed by atoms with van der Waals surface area (Å²) in [6.45, 7) is 1.45. The number of carbonyl (C=O) groups excluding carboxylic acids is 1. The molecule has 0 unspecified atom stereocenters. The van der Waals surface area contributed by atoms with Crippen molar-refractivity contribution in [3.63, 3.8) is 0 Å². The molecule has 0 saturated heterocycles. The first kappa shape index (κ1) is 9.39. The molecule has 2 heterocycles. The van der Waals surface area contributed by atoms with Gasteiger partial charge < -0.3 is 5.32 Å². The van der Waals surface area contributed by atoms with Crippen LogP contribution in [0.5, 0.6) is 0 Å². The Bertz CT molecular complexity index is 463. The predicted octanol–water partition coefficient (Wildman–Crippen LogP) is 1.23. The Balaban J connectivity index is 2.24. The molecule has 1 N–H and O–H groups in total.